The van der Waals surface area contributed by atoms with Gasteiger partial charge in [-0.3, -0.25) is 4.98 Å². The maximum absolute atomic E-state index is 12.1. The van der Waals surface area contributed by atoms with E-state index in [1.165, 1.54) is 18.7 Å². The number of aromatic nitrogens is 2. The van der Waals surface area contributed by atoms with Crippen molar-refractivity contribution in [1.82, 2.24) is 14.9 Å². The molecule has 2 aromatic rings. The van der Waals surface area contributed by atoms with Gasteiger partial charge in [0.05, 0.1) is 11.9 Å². The van der Waals surface area contributed by atoms with Gasteiger partial charge in [-0.1, -0.05) is 12.8 Å². The predicted octanol–water partition coefficient (Wildman–Crippen LogP) is 2.95. The molecule has 1 N–H and O–H groups in total. The second-order valence-corrected chi connectivity index (χ2v) is 5.63. The van der Waals surface area contributed by atoms with E-state index in [0.29, 0.717) is 17.1 Å². The summed E-state index contributed by atoms with van der Waals surface area (Å²) in [7, 11) is 1.77. The van der Waals surface area contributed by atoms with E-state index in [0.717, 1.165) is 25.7 Å². The van der Waals surface area contributed by atoms with Gasteiger partial charge in [0.1, 0.15) is 11.4 Å². The highest BCUT2D eigenvalue weighted by atomic mass is 16.6. The molecular weight excluding hydrogens is 298 g/mol. The van der Waals surface area contributed by atoms with Crippen LogP contribution in [0.2, 0.25) is 0 Å². The van der Waals surface area contributed by atoms with Gasteiger partial charge in [0, 0.05) is 13.1 Å². The molecule has 0 bridgehead atoms. The molecule has 0 atom stereocenters. The van der Waals surface area contributed by atoms with Crippen molar-refractivity contribution >= 4 is 6.09 Å². The number of amides is 1. The second-order valence-electron chi connectivity index (χ2n) is 5.63. The highest BCUT2D eigenvalue weighted by Gasteiger charge is 2.25. The van der Waals surface area contributed by atoms with Crippen LogP contribution in [-0.4, -0.2) is 39.2 Å². The highest BCUT2D eigenvalue weighted by molar-refractivity contribution is 5.68. The first-order valence-corrected chi connectivity index (χ1v) is 7.62. The average molecular weight is 317 g/mol. The summed E-state index contributed by atoms with van der Waals surface area (Å²) in [5, 5.41) is 9.28. The van der Waals surface area contributed by atoms with Crippen LogP contribution in [0, 0.1) is 0 Å². The number of hydrogen-bond donors (Lipinski definition) is 1. The number of rotatable bonds is 4. The molecule has 0 saturated heterocycles. The highest BCUT2D eigenvalue weighted by Crippen LogP contribution is 2.24. The molecule has 0 radical (unpaired) electrons. The Bertz CT molecular complexity index is 662. The standard InChI is InChI=1S/C16H19N3O4/c1-19(11-4-2-3-5-11)16(21)22-9-14-15(18-10-23-14)13-7-6-12(20)8-17-13/h6-8,10-11,20H,2-5,9H2,1H3. The molecule has 2 heterocycles. The Morgan fingerprint density at radius 3 is 2.87 bits per heavy atom. The third-order valence-corrected chi connectivity index (χ3v) is 4.12. The Labute approximate surface area is 133 Å². The lowest BCUT2D eigenvalue weighted by molar-refractivity contribution is 0.0860. The van der Waals surface area contributed by atoms with E-state index in [1.807, 2.05) is 0 Å². The molecule has 1 saturated carbocycles. The minimum absolute atomic E-state index is 0.00617. The lowest BCUT2D eigenvalue weighted by Gasteiger charge is -2.23. The third kappa shape index (κ3) is 3.44. The zero-order chi connectivity index (χ0) is 16.2. The zero-order valence-electron chi connectivity index (χ0n) is 12.9. The Balaban J connectivity index is 1.63. The summed E-state index contributed by atoms with van der Waals surface area (Å²) in [6, 6.07) is 3.40. The van der Waals surface area contributed by atoms with Crippen LogP contribution in [0.3, 0.4) is 0 Å². The van der Waals surface area contributed by atoms with Crippen LogP contribution in [0.1, 0.15) is 31.4 Å². The molecule has 3 rings (SSSR count). The van der Waals surface area contributed by atoms with E-state index in [9.17, 15) is 9.90 Å². The molecule has 7 nitrogen and oxygen atoms in total. The normalized spacial score (nSPS) is 14.8. The lowest BCUT2D eigenvalue weighted by atomic mass is 10.2. The van der Waals surface area contributed by atoms with Gasteiger partial charge in [0.2, 0.25) is 0 Å². The van der Waals surface area contributed by atoms with E-state index in [4.69, 9.17) is 9.15 Å². The molecule has 0 unspecified atom stereocenters. The van der Waals surface area contributed by atoms with Crippen LogP contribution >= 0.6 is 0 Å². The summed E-state index contributed by atoms with van der Waals surface area (Å²) in [4.78, 5) is 21.9. The Morgan fingerprint density at radius 1 is 1.39 bits per heavy atom. The smallest absolute Gasteiger partial charge is 0.410 e. The number of pyridine rings is 1. The number of carbonyl (C=O) groups is 1. The SMILES string of the molecule is CN(C(=O)OCc1ocnc1-c1ccc(O)cn1)C1CCCC1. The van der Waals surface area contributed by atoms with Crippen molar-refractivity contribution in [3.05, 3.63) is 30.5 Å². The fourth-order valence-electron chi connectivity index (χ4n) is 2.78. The first kappa shape index (κ1) is 15.3. The summed E-state index contributed by atoms with van der Waals surface area (Å²) in [5.41, 5.74) is 1.05. The molecule has 1 fully saturated rings. The summed E-state index contributed by atoms with van der Waals surface area (Å²) in [6.45, 7) is -0.00617. The maximum Gasteiger partial charge on any atom is 0.410 e. The number of hydrogen-bond acceptors (Lipinski definition) is 6. The lowest BCUT2D eigenvalue weighted by Crippen LogP contribution is -2.35. The van der Waals surface area contributed by atoms with Crippen LogP contribution in [0.25, 0.3) is 11.4 Å². The van der Waals surface area contributed by atoms with Crippen molar-refractivity contribution in [3.8, 4) is 17.1 Å². The van der Waals surface area contributed by atoms with Gasteiger partial charge in [0.25, 0.3) is 0 Å². The summed E-state index contributed by atoms with van der Waals surface area (Å²) < 4.78 is 10.6. The molecular formula is C16H19N3O4. The van der Waals surface area contributed by atoms with Gasteiger partial charge >= 0.3 is 6.09 Å². The first-order valence-electron chi connectivity index (χ1n) is 7.62. The Kier molecular flexibility index (Phi) is 4.45. The molecule has 1 amide bonds. The fraction of sp³-hybridized carbons (Fsp3) is 0.438. The van der Waals surface area contributed by atoms with Crippen molar-refractivity contribution in [2.75, 3.05) is 7.05 Å². The number of oxazole rings is 1. The third-order valence-electron chi connectivity index (χ3n) is 4.12. The van der Waals surface area contributed by atoms with E-state index in [1.54, 1.807) is 18.0 Å². The summed E-state index contributed by atoms with van der Waals surface area (Å²) in [5.74, 6) is 0.500. The zero-order valence-corrected chi connectivity index (χ0v) is 12.9. The molecule has 0 aromatic carbocycles. The topological polar surface area (TPSA) is 88.7 Å². The maximum atomic E-state index is 12.1. The molecule has 1 aliphatic carbocycles. The van der Waals surface area contributed by atoms with Gasteiger partial charge < -0.3 is 19.2 Å². The average Bonchev–Trinajstić information content (AvgIpc) is 3.24. The van der Waals surface area contributed by atoms with Gasteiger partial charge in [-0.25, -0.2) is 9.78 Å². The van der Waals surface area contributed by atoms with Crippen LogP contribution in [0.15, 0.2) is 29.1 Å². The number of aromatic hydroxyl groups is 1. The largest absolute Gasteiger partial charge is 0.506 e. The van der Waals surface area contributed by atoms with Crippen molar-refractivity contribution in [1.29, 1.82) is 0 Å². The van der Waals surface area contributed by atoms with Crippen molar-refractivity contribution < 1.29 is 19.1 Å². The molecule has 1 aliphatic rings. The van der Waals surface area contributed by atoms with Gasteiger partial charge in [0.15, 0.2) is 18.8 Å². The number of nitrogens with zero attached hydrogens (tertiary/aromatic N) is 3. The Hall–Kier alpha value is -2.57. The quantitative estimate of drug-likeness (QED) is 0.932. The van der Waals surface area contributed by atoms with Crippen molar-refractivity contribution in [2.24, 2.45) is 0 Å². The number of ether oxygens (including phenoxy) is 1. The van der Waals surface area contributed by atoms with Crippen molar-refractivity contribution in [3.63, 3.8) is 0 Å². The molecule has 23 heavy (non-hydrogen) atoms. The van der Waals surface area contributed by atoms with E-state index >= 15 is 0 Å². The van der Waals surface area contributed by atoms with E-state index in [-0.39, 0.29) is 24.5 Å². The van der Waals surface area contributed by atoms with E-state index in [2.05, 4.69) is 9.97 Å². The van der Waals surface area contributed by atoms with Crippen LogP contribution in [-0.2, 0) is 11.3 Å². The monoisotopic (exact) mass is 317 g/mol. The molecule has 0 aliphatic heterocycles. The predicted molar refractivity (Wildman–Crippen MR) is 81.6 cm³/mol. The number of carbonyl (C=O) groups excluding carboxylic acids is 1. The minimum Gasteiger partial charge on any atom is -0.506 e. The molecule has 0 spiro atoms. The van der Waals surface area contributed by atoms with Crippen LogP contribution in [0.5, 0.6) is 5.75 Å². The fourth-order valence-corrected chi connectivity index (χ4v) is 2.78. The molecule has 122 valence electrons. The summed E-state index contributed by atoms with van der Waals surface area (Å²) in [6.07, 6.45) is 6.61. The van der Waals surface area contributed by atoms with Gasteiger partial charge in [-0.15, -0.1) is 0 Å². The van der Waals surface area contributed by atoms with Crippen LogP contribution < -0.4 is 0 Å². The van der Waals surface area contributed by atoms with Gasteiger partial charge in [-0.05, 0) is 25.0 Å². The van der Waals surface area contributed by atoms with Crippen molar-refractivity contribution in [2.45, 2.75) is 38.3 Å². The first-order chi connectivity index (χ1) is 11.1. The second kappa shape index (κ2) is 6.68. The minimum atomic E-state index is -0.363. The van der Waals surface area contributed by atoms with E-state index < -0.39 is 0 Å². The molecule has 2 aromatic heterocycles. The Morgan fingerprint density at radius 2 is 2.17 bits per heavy atom. The molecule has 7 heteroatoms. The van der Waals surface area contributed by atoms with Gasteiger partial charge in [-0.2, -0.15) is 0 Å². The summed E-state index contributed by atoms with van der Waals surface area (Å²) >= 11 is 0. The van der Waals surface area contributed by atoms with Crippen LogP contribution in [0.4, 0.5) is 4.79 Å².